The number of carbonyl (C=O) groups excluding carboxylic acids is 1. The van der Waals surface area contributed by atoms with Crippen molar-refractivity contribution in [2.24, 2.45) is 4.99 Å². The predicted molar refractivity (Wildman–Crippen MR) is 140 cm³/mol. The van der Waals surface area contributed by atoms with Crippen LogP contribution in [-0.2, 0) is 17.9 Å². The molecule has 2 N–H and O–H groups in total. The van der Waals surface area contributed by atoms with Crippen LogP contribution in [0.1, 0.15) is 30.9 Å². The van der Waals surface area contributed by atoms with Gasteiger partial charge >= 0.3 is 0 Å². The maximum absolute atomic E-state index is 11.9. The lowest BCUT2D eigenvalue weighted by Gasteiger charge is -2.17. The summed E-state index contributed by atoms with van der Waals surface area (Å²) in [5.74, 6) is 2.02. The number of amides is 1. The number of nitrogens with one attached hydrogen (secondary N) is 2. The van der Waals surface area contributed by atoms with Gasteiger partial charge in [0.2, 0.25) is 5.91 Å². The van der Waals surface area contributed by atoms with Crippen LogP contribution in [0.3, 0.4) is 0 Å². The number of anilines is 1. The van der Waals surface area contributed by atoms with Crippen LogP contribution in [0.15, 0.2) is 41.4 Å². The Morgan fingerprint density at radius 1 is 1.16 bits per heavy atom. The summed E-state index contributed by atoms with van der Waals surface area (Å²) in [6.45, 7) is 4.35. The lowest BCUT2D eigenvalue weighted by Crippen LogP contribution is -2.36. The van der Waals surface area contributed by atoms with E-state index in [4.69, 9.17) is 21.1 Å². The number of rotatable bonds is 8. The van der Waals surface area contributed by atoms with E-state index in [0.717, 1.165) is 29.8 Å². The summed E-state index contributed by atoms with van der Waals surface area (Å²) in [5, 5.41) is 7.09. The predicted octanol–water partition coefficient (Wildman–Crippen LogP) is 4.36. The summed E-state index contributed by atoms with van der Waals surface area (Å²) in [6.07, 6.45) is 1.56. The van der Waals surface area contributed by atoms with E-state index >= 15 is 0 Å². The van der Waals surface area contributed by atoms with Gasteiger partial charge in [0.15, 0.2) is 17.5 Å². The number of hydrogen-bond acceptors (Lipinski definition) is 4. The first-order valence-corrected chi connectivity index (χ1v) is 10.8. The maximum atomic E-state index is 11.9. The molecule has 32 heavy (non-hydrogen) atoms. The number of nitrogens with zero attached hydrogens (tertiary/aromatic N) is 2. The molecule has 0 aliphatic carbocycles. The Labute approximate surface area is 211 Å². The molecule has 0 radical (unpaired) electrons. The van der Waals surface area contributed by atoms with Crippen molar-refractivity contribution in [1.82, 2.24) is 10.6 Å². The van der Waals surface area contributed by atoms with Gasteiger partial charge in [0, 0.05) is 38.8 Å². The lowest BCUT2D eigenvalue weighted by atomic mass is 10.2. The van der Waals surface area contributed by atoms with Gasteiger partial charge in [-0.1, -0.05) is 23.7 Å². The lowest BCUT2D eigenvalue weighted by molar-refractivity contribution is -0.117. The first-order chi connectivity index (χ1) is 15.0. The Balaban J connectivity index is 0.00000363. The minimum Gasteiger partial charge on any atom is -0.493 e. The molecule has 0 unspecified atom stereocenters. The first kappa shape index (κ1) is 26.1. The van der Waals surface area contributed by atoms with Gasteiger partial charge in [-0.05, 0) is 48.7 Å². The summed E-state index contributed by atoms with van der Waals surface area (Å²) in [5.41, 5.74) is 3.01. The summed E-state index contributed by atoms with van der Waals surface area (Å²) in [6, 6.07) is 11.8. The number of halogens is 2. The molecule has 3 rings (SSSR count). The van der Waals surface area contributed by atoms with Gasteiger partial charge in [-0.2, -0.15) is 0 Å². The van der Waals surface area contributed by atoms with Crippen LogP contribution in [0.2, 0.25) is 5.02 Å². The smallest absolute Gasteiger partial charge is 0.227 e. The van der Waals surface area contributed by atoms with E-state index in [0.29, 0.717) is 48.6 Å². The highest BCUT2D eigenvalue weighted by molar-refractivity contribution is 14.0. The summed E-state index contributed by atoms with van der Waals surface area (Å²) >= 11 is 6.35. The Morgan fingerprint density at radius 3 is 2.41 bits per heavy atom. The van der Waals surface area contributed by atoms with E-state index < -0.39 is 0 Å². The van der Waals surface area contributed by atoms with Crippen molar-refractivity contribution in [3.63, 3.8) is 0 Å². The van der Waals surface area contributed by atoms with Crippen LogP contribution < -0.4 is 25.0 Å². The van der Waals surface area contributed by atoms with Gasteiger partial charge in [0.25, 0.3) is 0 Å². The third-order valence-electron chi connectivity index (χ3n) is 5.04. The molecule has 1 aliphatic heterocycles. The van der Waals surface area contributed by atoms with Gasteiger partial charge in [0.05, 0.1) is 18.7 Å². The Kier molecular flexibility index (Phi) is 10.4. The van der Waals surface area contributed by atoms with Crippen LogP contribution in [0.5, 0.6) is 11.5 Å². The Hall–Kier alpha value is -2.20. The number of methoxy groups -OCH3 is 1. The van der Waals surface area contributed by atoms with Crippen molar-refractivity contribution in [2.45, 2.75) is 32.9 Å². The zero-order valence-corrected chi connectivity index (χ0v) is 21.7. The van der Waals surface area contributed by atoms with Gasteiger partial charge < -0.3 is 25.0 Å². The molecule has 2 aromatic carbocycles. The molecule has 7 nitrogen and oxygen atoms in total. The highest BCUT2D eigenvalue weighted by Gasteiger charge is 2.21. The van der Waals surface area contributed by atoms with Crippen molar-refractivity contribution in [3.05, 3.63) is 52.5 Å². The van der Waals surface area contributed by atoms with Crippen molar-refractivity contribution in [2.75, 3.05) is 32.2 Å². The van der Waals surface area contributed by atoms with Crippen LogP contribution in [0, 0.1) is 0 Å². The second-order valence-electron chi connectivity index (χ2n) is 7.14. The molecular weight excluding hydrogens is 543 g/mol. The van der Waals surface area contributed by atoms with Crippen molar-refractivity contribution >= 4 is 53.1 Å². The quantitative estimate of drug-likeness (QED) is 0.279. The monoisotopic (exact) mass is 572 g/mol. The minimum absolute atomic E-state index is 0. The normalized spacial score (nSPS) is 13.6. The molecule has 1 aliphatic rings. The highest BCUT2D eigenvalue weighted by atomic mass is 127. The second kappa shape index (κ2) is 12.7. The zero-order chi connectivity index (χ0) is 22.2. The average Bonchev–Trinajstić information content (AvgIpc) is 3.21. The van der Waals surface area contributed by atoms with Crippen molar-refractivity contribution in [3.8, 4) is 11.5 Å². The summed E-state index contributed by atoms with van der Waals surface area (Å²) in [4.78, 5) is 18.0. The molecule has 0 atom stereocenters. The van der Waals surface area contributed by atoms with Crippen LogP contribution in [-0.4, -0.2) is 39.2 Å². The first-order valence-electron chi connectivity index (χ1n) is 10.4. The van der Waals surface area contributed by atoms with Crippen molar-refractivity contribution < 1.29 is 14.3 Å². The van der Waals surface area contributed by atoms with E-state index in [1.54, 1.807) is 14.2 Å². The number of guanidine groups is 1. The number of benzene rings is 2. The van der Waals surface area contributed by atoms with E-state index in [2.05, 4.69) is 15.6 Å². The molecule has 0 saturated carbocycles. The molecule has 1 saturated heterocycles. The summed E-state index contributed by atoms with van der Waals surface area (Å²) < 4.78 is 11.0. The summed E-state index contributed by atoms with van der Waals surface area (Å²) in [7, 11) is 3.32. The molecular formula is C23H30ClIN4O3. The molecule has 1 heterocycles. The molecule has 1 fully saturated rings. The molecule has 174 valence electrons. The average molecular weight is 573 g/mol. The van der Waals surface area contributed by atoms with Crippen LogP contribution in [0.25, 0.3) is 0 Å². The van der Waals surface area contributed by atoms with Crippen molar-refractivity contribution in [1.29, 1.82) is 0 Å². The number of hydrogen-bond donors (Lipinski definition) is 2. The second-order valence-corrected chi connectivity index (χ2v) is 7.54. The van der Waals surface area contributed by atoms with E-state index in [9.17, 15) is 4.79 Å². The molecule has 9 heteroatoms. The highest BCUT2D eigenvalue weighted by Crippen LogP contribution is 2.36. The third-order valence-corrected chi connectivity index (χ3v) is 5.32. The minimum atomic E-state index is 0. The SMILES string of the molecule is CCOc1c(Cl)cc(CNC(=NC)NCc2ccc(N3CCCC3=O)cc2)cc1OC.I. The third kappa shape index (κ3) is 6.65. The molecule has 0 bridgehead atoms. The largest absolute Gasteiger partial charge is 0.493 e. The Bertz CT molecular complexity index is 938. The molecule has 0 aromatic heterocycles. The van der Waals surface area contributed by atoms with E-state index in [-0.39, 0.29) is 29.9 Å². The number of aliphatic imine (C=N–C) groups is 1. The topological polar surface area (TPSA) is 75.2 Å². The van der Waals surface area contributed by atoms with Gasteiger partial charge in [-0.15, -0.1) is 24.0 Å². The fraction of sp³-hybridized carbons (Fsp3) is 0.391. The Morgan fingerprint density at radius 2 is 1.84 bits per heavy atom. The number of carbonyl (C=O) groups is 1. The molecule has 1 amide bonds. The van der Waals surface area contributed by atoms with Gasteiger partial charge in [0.1, 0.15) is 0 Å². The van der Waals surface area contributed by atoms with Crippen LogP contribution >= 0.6 is 35.6 Å². The van der Waals surface area contributed by atoms with E-state index in [1.807, 2.05) is 48.2 Å². The fourth-order valence-corrected chi connectivity index (χ4v) is 3.75. The van der Waals surface area contributed by atoms with Gasteiger partial charge in [-0.25, -0.2) is 0 Å². The number of ether oxygens (including phenoxy) is 2. The van der Waals surface area contributed by atoms with E-state index in [1.165, 1.54) is 0 Å². The van der Waals surface area contributed by atoms with Gasteiger partial charge in [-0.3, -0.25) is 9.79 Å². The zero-order valence-electron chi connectivity index (χ0n) is 18.6. The fourth-order valence-electron chi connectivity index (χ4n) is 3.47. The molecule has 0 spiro atoms. The maximum Gasteiger partial charge on any atom is 0.227 e. The van der Waals surface area contributed by atoms with Crippen LogP contribution in [0.4, 0.5) is 5.69 Å². The standard InChI is InChI=1S/C23H29ClN4O3.HI/c1-4-31-22-19(24)12-17(13-20(22)30-3)15-27-23(25-2)26-14-16-7-9-18(10-8-16)28-11-5-6-21(28)29;/h7-10,12-13H,4-6,11,14-15H2,1-3H3,(H2,25,26,27);1H. The molecule has 2 aromatic rings.